The standard InChI is InChI=1S/C13H15NO6/c1-20-13(19)9-5-8(15)6-14(9)12(18)7-2-3-10(16)11(17)4-7/h2-4,8-9,15-17H,5-6H2,1H3. The van der Waals surface area contributed by atoms with Gasteiger partial charge in [0.05, 0.1) is 13.2 Å². The van der Waals surface area contributed by atoms with Crippen molar-refractivity contribution < 1.29 is 29.6 Å². The van der Waals surface area contributed by atoms with E-state index in [1.807, 2.05) is 0 Å². The van der Waals surface area contributed by atoms with Crippen LogP contribution in [-0.4, -0.2) is 57.9 Å². The Labute approximate surface area is 115 Å². The lowest BCUT2D eigenvalue weighted by Gasteiger charge is -2.22. The van der Waals surface area contributed by atoms with Crippen LogP contribution in [0.3, 0.4) is 0 Å². The summed E-state index contributed by atoms with van der Waals surface area (Å²) in [5.74, 6) is -1.89. The van der Waals surface area contributed by atoms with E-state index in [1.54, 1.807) is 0 Å². The van der Waals surface area contributed by atoms with Crippen LogP contribution in [0.25, 0.3) is 0 Å². The van der Waals surface area contributed by atoms with Crippen molar-refractivity contribution in [3.8, 4) is 11.5 Å². The van der Waals surface area contributed by atoms with Gasteiger partial charge in [-0.2, -0.15) is 0 Å². The normalized spacial score (nSPS) is 21.8. The number of hydrogen-bond acceptors (Lipinski definition) is 6. The number of ether oxygens (including phenoxy) is 1. The number of aliphatic hydroxyl groups is 1. The fourth-order valence-electron chi connectivity index (χ4n) is 2.22. The summed E-state index contributed by atoms with van der Waals surface area (Å²) in [5, 5.41) is 28.2. The molecule has 108 valence electrons. The zero-order valence-corrected chi connectivity index (χ0v) is 10.8. The number of carbonyl (C=O) groups excluding carboxylic acids is 2. The molecule has 7 heteroatoms. The number of methoxy groups -OCH3 is 1. The summed E-state index contributed by atoms with van der Waals surface area (Å²) in [6.07, 6.45) is -0.684. The van der Waals surface area contributed by atoms with Crippen LogP contribution in [0, 0.1) is 0 Å². The van der Waals surface area contributed by atoms with Gasteiger partial charge in [-0.3, -0.25) is 4.79 Å². The van der Waals surface area contributed by atoms with Crippen LogP contribution in [0.5, 0.6) is 11.5 Å². The highest BCUT2D eigenvalue weighted by molar-refractivity contribution is 5.97. The molecule has 20 heavy (non-hydrogen) atoms. The average molecular weight is 281 g/mol. The first-order chi connectivity index (χ1) is 9.43. The first kappa shape index (κ1) is 14.1. The lowest BCUT2D eigenvalue weighted by molar-refractivity contribution is -0.145. The highest BCUT2D eigenvalue weighted by Gasteiger charge is 2.40. The number of aromatic hydroxyl groups is 2. The molecule has 1 aliphatic rings. The maximum absolute atomic E-state index is 12.3. The Bertz CT molecular complexity index is 544. The topological polar surface area (TPSA) is 107 Å². The number of aliphatic hydroxyl groups excluding tert-OH is 1. The van der Waals surface area contributed by atoms with Crippen molar-refractivity contribution in [1.82, 2.24) is 4.90 Å². The molecule has 1 amide bonds. The first-order valence-corrected chi connectivity index (χ1v) is 6.03. The Balaban J connectivity index is 2.26. The number of likely N-dealkylation sites (tertiary alicyclic amines) is 1. The van der Waals surface area contributed by atoms with Gasteiger partial charge in [-0.05, 0) is 18.2 Å². The number of esters is 1. The number of phenols is 2. The van der Waals surface area contributed by atoms with Crippen LogP contribution in [0.4, 0.5) is 0 Å². The summed E-state index contributed by atoms with van der Waals surface area (Å²) in [6.45, 7) is 0.0141. The fourth-order valence-corrected chi connectivity index (χ4v) is 2.22. The van der Waals surface area contributed by atoms with E-state index < -0.39 is 29.8 Å². The Hall–Kier alpha value is -2.28. The van der Waals surface area contributed by atoms with Gasteiger partial charge >= 0.3 is 5.97 Å². The van der Waals surface area contributed by atoms with Crippen LogP contribution in [-0.2, 0) is 9.53 Å². The van der Waals surface area contributed by atoms with E-state index in [-0.39, 0.29) is 24.3 Å². The molecule has 1 saturated heterocycles. The van der Waals surface area contributed by atoms with Crippen molar-refractivity contribution in [2.75, 3.05) is 13.7 Å². The molecule has 3 N–H and O–H groups in total. The number of carbonyl (C=O) groups is 2. The summed E-state index contributed by atoms with van der Waals surface area (Å²) < 4.78 is 4.61. The number of nitrogens with zero attached hydrogens (tertiary/aromatic N) is 1. The van der Waals surface area contributed by atoms with Gasteiger partial charge in [0.1, 0.15) is 6.04 Å². The van der Waals surface area contributed by atoms with Gasteiger partial charge in [0.2, 0.25) is 0 Å². The van der Waals surface area contributed by atoms with Gasteiger partial charge in [0.15, 0.2) is 11.5 Å². The molecule has 2 unspecified atom stereocenters. The minimum atomic E-state index is -0.849. The molecule has 1 aromatic rings. The summed E-state index contributed by atoms with van der Waals surface area (Å²) in [5.41, 5.74) is 0.114. The summed E-state index contributed by atoms with van der Waals surface area (Å²) >= 11 is 0. The molecule has 0 saturated carbocycles. The fraction of sp³-hybridized carbons (Fsp3) is 0.385. The van der Waals surface area contributed by atoms with Crippen LogP contribution < -0.4 is 0 Å². The monoisotopic (exact) mass is 281 g/mol. The van der Waals surface area contributed by atoms with Crippen LogP contribution in [0.15, 0.2) is 18.2 Å². The Morgan fingerprint density at radius 3 is 2.60 bits per heavy atom. The number of benzene rings is 1. The van der Waals surface area contributed by atoms with Gasteiger partial charge in [0.25, 0.3) is 5.91 Å². The highest BCUT2D eigenvalue weighted by Crippen LogP contribution is 2.27. The van der Waals surface area contributed by atoms with E-state index in [9.17, 15) is 24.9 Å². The van der Waals surface area contributed by atoms with Crippen LogP contribution in [0.2, 0.25) is 0 Å². The van der Waals surface area contributed by atoms with Crippen molar-refractivity contribution in [2.24, 2.45) is 0 Å². The molecule has 0 bridgehead atoms. The second-order valence-corrected chi connectivity index (χ2v) is 4.59. The Morgan fingerprint density at radius 1 is 1.30 bits per heavy atom. The van der Waals surface area contributed by atoms with Gasteiger partial charge in [-0.15, -0.1) is 0 Å². The Morgan fingerprint density at radius 2 is 2.00 bits per heavy atom. The lowest BCUT2D eigenvalue weighted by atomic mass is 10.1. The summed E-state index contributed by atoms with van der Waals surface area (Å²) in [4.78, 5) is 25.1. The molecule has 7 nitrogen and oxygen atoms in total. The van der Waals surface area contributed by atoms with Gasteiger partial charge in [-0.1, -0.05) is 0 Å². The quantitative estimate of drug-likeness (QED) is 0.514. The van der Waals surface area contributed by atoms with Crippen LogP contribution in [0.1, 0.15) is 16.8 Å². The first-order valence-electron chi connectivity index (χ1n) is 6.03. The molecule has 0 radical (unpaired) electrons. The minimum Gasteiger partial charge on any atom is -0.504 e. The molecule has 2 rings (SSSR count). The number of rotatable bonds is 2. The second-order valence-electron chi connectivity index (χ2n) is 4.59. The number of β-amino-alcohol motifs (C(OH)–C–C–N with tert-alkyl or cyclic N) is 1. The second kappa shape index (κ2) is 5.38. The zero-order valence-electron chi connectivity index (χ0n) is 10.8. The van der Waals surface area contributed by atoms with Gasteiger partial charge < -0.3 is 25.0 Å². The Kier molecular flexibility index (Phi) is 3.80. The molecule has 1 fully saturated rings. The van der Waals surface area contributed by atoms with E-state index >= 15 is 0 Å². The van der Waals surface area contributed by atoms with E-state index in [0.29, 0.717) is 0 Å². The third-order valence-electron chi connectivity index (χ3n) is 3.24. The van der Waals surface area contributed by atoms with Crippen molar-refractivity contribution in [3.63, 3.8) is 0 Å². The zero-order chi connectivity index (χ0) is 14.9. The molecule has 1 aliphatic heterocycles. The molecule has 1 aromatic carbocycles. The van der Waals surface area contributed by atoms with Gasteiger partial charge in [0, 0.05) is 18.5 Å². The van der Waals surface area contributed by atoms with Crippen molar-refractivity contribution in [1.29, 1.82) is 0 Å². The maximum Gasteiger partial charge on any atom is 0.328 e. The molecule has 2 atom stereocenters. The van der Waals surface area contributed by atoms with Crippen molar-refractivity contribution >= 4 is 11.9 Å². The number of phenolic OH excluding ortho intramolecular Hbond substituents is 2. The molecule has 1 heterocycles. The number of hydrogen-bond donors (Lipinski definition) is 3. The van der Waals surface area contributed by atoms with E-state index in [4.69, 9.17) is 0 Å². The smallest absolute Gasteiger partial charge is 0.328 e. The largest absolute Gasteiger partial charge is 0.504 e. The van der Waals surface area contributed by atoms with E-state index in [2.05, 4.69) is 4.74 Å². The van der Waals surface area contributed by atoms with Crippen LogP contribution >= 0.6 is 0 Å². The predicted molar refractivity (Wildman–Crippen MR) is 67.2 cm³/mol. The molecule has 0 spiro atoms. The molecular weight excluding hydrogens is 266 g/mol. The molecule has 0 aliphatic carbocycles. The van der Waals surface area contributed by atoms with E-state index in [0.717, 1.165) is 6.07 Å². The average Bonchev–Trinajstić information content (AvgIpc) is 2.82. The summed E-state index contributed by atoms with van der Waals surface area (Å²) in [6, 6.07) is 2.77. The van der Waals surface area contributed by atoms with Crippen molar-refractivity contribution in [2.45, 2.75) is 18.6 Å². The third kappa shape index (κ3) is 2.53. The van der Waals surface area contributed by atoms with Crippen molar-refractivity contribution in [3.05, 3.63) is 23.8 Å². The predicted octanol–water partition coefficient (Wildman–Crippen LogP) is -0.154. The third-order valence-corrected chi connectivity index (χ3v) is 3.24. The lowest BCUT2D eigenvalue weighted by Crippen LogP contribution is -2.41. The maximum atomic E-state index is 12.3. The number of amides is 1. The molecule has 0 aromatic heterocycles. The highest BCUT2D eigenvalue weighted by atomic mass is 16.5. The SMILES string of the molecule is COC(=O)C1CC(O)CN1C(=O)c1ccc(O)c(O)c1. The summed E-state index contributed by atoms with van der Waals surface area (Å²) in [7, 11) is 1.21. The van der Waals surface area contributed by atoms with E-state index in [1.165, 1.54) is 24.1 Å². The molecular formula is C13H15NO6. The van der Waals surface area contributed by atoms with Gasteiger partial charge in [-0.25, -0.2) is 4.79 Å². The minimum absolute atomic E-state index is 0.0141.